The summed E-state index contributed by atoms with van der Waals surface area (Å²) in [6.45, 7) is 7.82. The Hall–Kier alpha value is -0.610. The van der Waals surface area contributed by atoms with Crippen LogP contribution in [0.4, 0.5) is 0 Å². The number of likely N-dealkylation sites (tertiary alicyclic amines) is 1. The molecule has 2 aliphatic rings. The number of rotatable bonds is 9. The summed E-state index contributed by atoms with van der Waals surface area (Å²) >= 11 is 0. The molecule has 0 radical (unpaired) electrons. The Labute approximate surface area is 187 Å². The molecule has 0 aromatic heterocycles. The summed E-state index contributed by atoms with van der Waals surface area (Å²) in [5, 5.41) is 6.52. The molecule has 2 N–H and O–H groups in total. The molecule has 0 spiro atoms. The number of hydrogen-bond acceptors (Lipinski definition) is 4. The Balaban J connectivity index is 0.00000392. The van der Waals surface area contributed by atoms with Gasteiger partial charge in [0.2, 0.25) is 5.91 Å². The topological polar surface area (TPSA) is 75.2 Å². The Bertz CT molecular complexity index is 459. The predicted molar refractivity (Wildman–Crippen MR) is 123 cm³/mol. The fourth-order valence-corrected chi connectivity index (χ4v) is 3.66. The van der Waals surface area contributed by atoms with Gasteiger partial charge in [-0.3, -0.25) is 9.79 Å². The third-order valence-electron chi connectivity index (χ3n) is 5.43. The fourth-order valence-electron chi connectivity index (χ4n) is 3.66. The van der Waals surface area contributed by atoms with E-state index in [1.54, 1.807) is 7.05 Å². The monoisotopic (exact) mass is 510 g/mol. The van der Waals surface area contributed by atoms with Gasteiger partial charge in [-0.15, -0.1) is 24.0 Å². The van der Waals surface area contributed by atoms with E-state index in [-0.39, 0.29) is 29.9 Å². The van der Waals surface area contributed by atoms with Gasteiger partial charge in [0.05, 0.1) is 0 Å². The van der Waals surface area contributed by atoms with Crippen molar-refractivity contribution in [2.24, 2.45) is 10.9 Å². The molecular formula is C20H39IN4O3. The van der Waals surface area contributed by atoms with E-state index in [9.17, 15) is 4.79 Å². The number of carbonyl (C=O) groups excluding carboxylic acids is 1. The van der Waals surface area contributed by atoms with Gasteiger partial charge >= 0.3 is 0 Å². The molecule has 2 rings (SSSR count). The van der Waals surface area contributed by atoms with Crippen LogP contribution in [0, 0.1) is 5.92 Å². The Kier molecular flexibility index (Phi) is 13.9. The normalized spacial score (nSPS) is 21.1. The third-order valence-corrected chi connectivity index (χ3v) is 5.43. The van der Waals surface area contributed by atoms with Crippen LogP contribution in [0.1, 0.15) is 51.9 Å². The fraction of sp³-hybridized carbons (Fsp3) is 0.900. The number of piperidine rings is 1. The van der Waals surface area contributed by atoms with Gasteiger partial charge in [-0.05, 0) is 51.4 Å². The minimum absolute atomic E-state index is 0. The summed E-state index contributed by atoms with van der Waals surface area (Å²) in [6.07, 6.45) is 7.17. The SMILES string of the molecule is CN=C(NCCCOCC1CCOCC1)NCCC(=O)N1CCCCC1C.I. The molecule has 2 aliphatic heterocycles. The Morgan fingerprint density at radius 1 is 1.18 bits per heavy atom. The Morgan fingerprint density at radius 2 is 1.93 bits per heavy atom. The molecule has 0 aromatic rings. The van der Waals surface area contributed by atoms with E-state index in [0.29, 0.717) is 24.9 Å². The van der Waals surface area contributed by atoms with E-state index in [2.05, 4.69) is 22.5 Å². The molecule has 1 atom stereocenters. The highest BCUT2D eigenvalue weighted by atomic mass is 127. The highest BCUT2D eigenvalue weighted by Gasteiger charge is 2.22. The summed E-state index contributed by atoms with van der Waals surface area (Å²) in [4.78, 5) is 18.6. The van der Waals surface area contributed by atoms with Crippen molar-refractivity contribution in [1.82, 2.24) is 15.5 Å². The van der Waals surface area contributed by atoms with Gasteiger partial charge in [0.25, 0.3) is 0 Å². The Morgan fingerprint density at radius 3 is 2.64 bits per heavy atom. The number of hydrogen-bond donors (Lipinski definition) is 2. The van der Waals surface area contributed by atoms with Crippen LogP contribution in [0.3, 0.4) is 0 Å². The lowest BCUT2D eigenvalue weighted by molar-refractivity contribution is -0.134. The lowest BCUT2D eigenvalue weighted by Gasteiger charge is -2.33. The van der Waals surface area contributed by atoms with Crippen LogP contribution in [-0.2, 0) is 14.3 Å². The molecule has 0 bridgehead atoms. The summed E-state index contributed by atoms with van der Waals surface area (Å²) in [6, 6.07) is 0.379. The van der Waals surface area contributed by atoms with Crippen molar-refractivity contribution in [3.05, 3.63) is 0 Å². The van der Waals surface area contributed by atoms with E-state index >= 15 is 0 Å². The maximum atomic E-state index is 12.3. The zero-order chi connectivity index (χ0) is 19.3. The smallest absolute Gasteiger partial charge is 0.224 e. The summed E-state index contributed by atoms with van der Waals surface area (Å²) in [5.74, 6) is 1.65. The first-order valence-corrected chi connectivity index (χ1v) is 10.6. The number of ether oxygens (including phenoxy) is 2. The molecular weight excluding hydrogens is 471 g/mol. The molecule has 1 unspecified atom stereocenters. The lowest BCUT2D eigenvalue weighted by atomic mass is 10.0. The van der Waals surface area contributed by atoms with Crippen molar-refractivity contribution in [2.45, 2.75) is 57.9 Å². The minimum atomic E-state index is 0. The van der Waals surface area contributed by atoms with Crippen LogP contribution in [0.25, 0.3) is 0 Å². The number of guanidine groups is 1. The van der Waals surface area contributed by atoms with Gasteiger partial charge in [0.15, 0.2) is 5.96 Å². The van der Waals surface area contributed by atoms with Gasteiger partial charge in [0, 0.05) is 65.6 Å². The van der Waals surface area contributed by atoms with E-state index in [0.717, 1.165) is 77.6 Å². The molecule has 0 aliphatic carbocycles. The molecule has 0 saturated carbocycles. The molecule has 28 heavy (non-hydrogen) atoms. The van der Waals surface area contributed by atoms with E-state index in [4.69, 9.17) is 9.47 Å². The van der Waals surface area contributed by atoms with Crippen LogP contribution < -0.4 is 10.6 Å². The van der Waals surface area contributed by atoms with E-state index in [1.807, 2.05) is 4.90 Å². The molecule has 7 nitrogen and oxygen atoms in total. The molecule has 1 amide bonds. The highest BCUT2D eigenvalue weighted by molar-refractivity contribution is 14.0. The van der Waals surface area contributed by atoms with Crippen LogP contribution >= 0.6 is 24.0 Å². The zero-order valence-corrected chi connectivity index (χ0v) is 19.9. The average molecular weight is 510 g/mol. The highest BCUT2D eigenvalue weighted by Crippen LogP contribution is 2.17. The van der Waals surface area contributed by atoms with Crippen LogP contribution in [-0.4, -0.2) is 75.9 Å². The number of carbonyl (C=O) groups is 1. The van der Waals surface area contributed by atoms with Gasteiger partial charge < -0.3 is 25.0 Å². The first-order valence-electron chi connectivity index (χ1n) is 10.6. The number of nitrogens with zero attached hydrogens (tertiary/aromatic N) is 2. The van der Waals surface area contributed by atoms with Gasteiger partial charge in [-0.1, -0.05) is 0 Å². The second kappa shape index (κ2) is 15.3. The molecule has 2 saturated heterocycles. The third kappa shape index (κ3) is 9.73. The quantitative estimate of drug-likeness (QED) is 0.216. The molecule has 8 heteroatoms. The van der Waals surface area contributed by atoms with Crippen molar-refractivity contribution in [2.75, 3.05) is 53.1 Å². The number of aliphatic imine (C=N–C) groups is 1. The van der Waals surface area contributed by atoms with Crippen molar-refractivity contribution in [3.63, 3.8) is 0 Å². The van der Waals surface area contributed by atoms with Crippen molar-refractivity contribution in [1.29, 1.82) is 0 Å². The first kappa shape index (κ1) is 25.4. The van der Waals surface area contributed by atoms with Crippen LogP contribution in [0.15, 0.2) is 4.99 Å². The van der Waals surface area contributed by atoms with E-state index in [1.165, 1.54) is 6.42 Å². The van der Waals surface area contributed by atoms with Crippen LogP contribution in [0.5, 0.6) is 0 Å². The second-order valence-corrected chi connectivity index (χ2v) is 7.59. The number of amides is 1. The molecule has 0 aromatic carbocycles. The maximum Gasteiger partial charge on any atom is 0.224 e. The largest absolute Gasteiger partial charge is 0.381 e. The maximum absolute atomic E-state index is 12.3. The number of nitrogens with one attached hydrogen (secondary N) is 2. The predicted octanol–water partition coefficient (Wildman–Crippen LogP) is 2.39. The van der Waals surface area contributed by atoms with Crippen molar-refractivity contribution in [3.8, 4) is 0 Å². The average Bonchev–Trinajstić information content (AvgIpc) is 2.70. The zero-order valence-electron chi connectivity index (χ0n) is 17.6. The second-order valence-electron chi connectivity index (χ2n) is 7.59. The van der Waals surface area contributed by atoms with Gasteiger partial charge in [-0.2, -0.15) is 0 Å². The number of halogens is 1. The summed E-state index contributed by atoms with van der Waals surface area (Å²) in [7, 11) is 1.76. The van der Waals surface area contributed by atoms with Crippen molar-refractivity contribution < 1.29 is 14.3 Å². The summed E-state index contributed by atoms with van der Waals surface area (Å²) < 4.78 is 11.1. The minimum Gasteiger partial charge on any atom is -0.381 e. The summed E-state index contributed by atoms with van der Waals surface area (Å²) in [5.41, 5.74) is 0. The van der Waals surface area contributed by atoms with Gasteiger partial charge in [0.1, 0.15) is 0 Å². The van der Waals surface area contributed by atoms with Crippen LogP contribution in [0.2, 0.25) is 0 Å². The van der Waals surface area contributed by atoms with Gasteiger partial charge in [-0.25, -0.2) is 0 Å². The lowest BCUT2D eigenvalue weighted by Crippen LogP contribution is -2.44. The molecule has 2 heterocycles. The standard InChI is InChI=1S/C20H38N4O3.HI/c1-17-6-3-4-12-24(17)19(25)7-11-23-20(21-2)22-10-5-13-27-16-18-8-14-26-15-9-18;/h17-18H,3-16H2,1-2H3,(H2,21,22,23);1H. The first-order chi connectivity index (χ1) is 13.2. The molecule has 164 valence electrons. The van der Waals surface area contributed by atoms with E-state index < -0.39 is 0 Å². The van der Waals surface area contributed by atoms with Crippen molar-refractivity contribution >= 4 is 35.8 Å². The molecule has 2 fully saturated rings.